The molecule has 2 amide bonds. The summed E-state index contributed by atoms with van der Waals surface area (Å²) in [7, 11) is 0. The van der Waals surface area contributed by atoms with Crippen LogP contribution in [0.15, 0.2) is 24.3 Å². The van der Waals surface area contributed by atoms with Crippen molar-refractivity contribution < 1.29 is 14.0 Å². The Balaban J connectivity index is 1.35. The third-order valence-corrected chi connectivity index (χ3v) is 6.10. The Hall–Kier alpha value is -1.99. The molecule has 0 saturated carbocycles. The molecular formula is C20H27FN4O2. The van der Waals surface area contributed by atoms with Crippen LogP contribution in [-0.2, 0) is 9.59 Å². The van der Waals surface area contributed by atoms with Crippen LogP contribution in [0.25, 0.3) is 0 Å². The van der Waals surface area contributed by atoms with Crippen LogP contribution in [0, 0.1) is 17.7 Å². The van der Waals surface area contributed by atoms with E-state index in [0.29, 0.717) is 19.6 Å². The first-order chi connectivity index (χ1) is 13.1. The lowest BCUT2D eigenvalue weighted by Crippen LogP contribution is -2.46. The van der Waals surface area contributed by atoms with Crippen molar-refractivity contribution >= 4 is 11.8 Å². The van der Waals surface area contributed by atoms with Gasteiger partial charge in [-0.25, -0.2) is 9.82 Å². The zero-order chi connectivity index (χ0) is 18.8. The van der Waals surface area contributed by atoms with E-state index in [2.05, 4.69) is 10.9 Å². The maximum Gasteiger partial charge on any atom is 0.229 e. The molecule has 3 saturated heterocycles. The summed E-state index contributed by atoms with van der Waals surface area (Å²) >= 11 is 0. The number of carbonyl (C=O) groups excluding carboxylic acids is 2. The molecule has 1 aromatic rings. The molecule has 0 radical (unpaired) electrons. The second-order valence-electron chi connectivity index (χ2n) is 7.79. The second-order valence-corrected chi connectivity index (χ2v) is 7.79. The van der Waals surface area contributed by atoms with Gasteiger partial charge in [0.05, 0.1) is 12.0 Å². The molecule has 2 atom stereocenters. The van der Waals surface area contributed by atoms with Crippen LogP contribution in [0.1, 0.15) is 37.3 Å². The van der Waals surface area contributed by atoms with E-state index in [4.69, 9.17) is 0 Å². The first-order valence-electron chi connectivity index (χ1n) is 9.95. The van der Waals surface area contributed by atoms with Crippen LogP contribution < -0.4 is 10.9 Å². The zero-order valence-corrected chi connectivity index (χ0v) is 15.5. The van der Waals surface area contributed by atoms with Gasteiger partial charge < -0.3 is 9.80 Å². The van der Waals surface area contributed by atoms with Gasteiger partial charge in [0.1, 0.15) is 5.82 Å². The molecule has 0 aromatic heterocycles. The van der Waals surface area contributed by atoms with Crippen LogP contribution in [0.2, 0.25) is 0 Å². The lowest BCUT2D eigenvalue weighted by molar-refractivity contribution is -0.142. The third-order valence-electron chi connectivity index (χ3n) is 6.10. The molecule has 3 aliphatic rings. The summed E-state index contributed by atoms with van der Waals surface area (Å²) in [5, 5.41) is 0. The van der Waals surface area contributed by atoms with Crippen LogP contribution >= 0.6 is 0 Å². The fourth-order valence-corrected chi connectivity index (χ4v) is 4.49. The number of hydrogen-bond acceptors (Lipinski definition) is 4. The molecule has 2 N–H and O–H groups in total. The molecule has 6 nitrogen and oxygen atoms in total. The van der Waals surface area contributed by atoms with E-state index in [0.717, 1.165) is 44.3 Å². The number of nitrogens with one attached hydrogen (secondary N) is 2. The normalized spacial score (nSPS) is 26.6. The number of piperidine rings is 1. The van der Waals surface area contributed by atoms with Crippen molar-refractivity contribution in [1.82, 2.24) is 20.7 Å². The molecular weight excluding hydrogens is 347 g/mol. The highest BCUT2D eigenvalue weighted by molar-refractivity contribution is 5.82. The van der Waals surface area contributed by atoms with E-state index in [1.165, 1.54) is 12.1 Å². The maximum absolute atomic E-state index is 13.2. The average molecular weight is 374 g/mol. The van der Waals surface area contributed by atoms with Crippen molar-refractivity contribution in [2.75, 3.05) is 32.7 Å². The van der Waals surface area contributed by atoms with Gasteiger partial charge in [-0.05, 0) is 43.4 Å². The fraction of sp³-hybridized carbons (Fsp3) is 0.600. The standard InChI is InChI=1S/C20H27FN4O2/c21-16-5-3-14(4-6-16)18-17(13-22-23-18)20(27)25-11-7-15(8-12-25)19(26)24-9-1-2-10-24/h3-6,15,17-18,22-23H,1-2,7-13H2. The zero-order valence-electron chi connectivity index (χ0n) is 15.5. The number of halogens is 1. The van der Waals surface area contributed by atoms with Crippen molar-refractivity contribution in [2.24, 2.45) is 11.8 Å². The Morgan fingerprint density at radius 3 is 2.22 bits per heavy atom. The molecule has 3 heterocycles. The van der Waals surface area contributed by atoms with Crippen LogP contribution in [0.4, 0.5) is 4.39 Å². The predicted octanol–water partition coefficient (Wildman–Crippen LogP) is 1.45. The topological polar surface area (TPSA) is 64.7 Å². The first-order valence-corrected chi connectivity index (χ1v) is 9.95. The minimum Gasteiger partial charge on any atom is -0.342 e. The lowest BCUT2D eigenvalue weighted by Gasteiger charge is -2.35. The van der Waals surface area contributed by atoms with Gasteiger partial charge in [-0.2, -0.15) is 0 Å². The van der Waals surface area contributed by atoms with E-state index in [1.807, 2.05) is 9.80 Å². The predicted molar refractivity (Wildman–Crippen MR) is 98.9 cm³/mol. The highest BCUT2D eigenvalue weighted by Crippen LogP contribution is 2.29. The minimum atomic E-state index is -0.280. The first kappa shape index (κ1) is 18.4. The number of carbonyl (C=O) groups is 2. The molecule has 1 aromatic carbocycles. The second kappa shape index (κ2) is 7.94. The molecule has 7 heteroatoms. The van der Waals surface area contributed by atoms with Crippen molar-refractivity contribution in [3.63, 3.8) is 0 Å². The summed E-state index contributed by atoms with van der Waals surface area (Å²) in [4.78, 5) is 29.5. The molecule has 0 aliphatic carbocycles. The number of nitrogens with zero attached hydrogens (tertiary/aromatic N) is 2. The number of benzene rings is 1. The van der Waals surface area contributed by atoms with Crippen LogP contribution in [0.3, 0.4) is 0 Å². The van der Waals surface area contributed by atoms with Gasteiger partial charge in [0.2, 0.25) is 11.8 Å². The van der Waals surface area contributed by atoms with Gasteiger partial charge in [0.15, 0.2) is 0 Å². The van der Waals surface area contributed by atoms with Crippen molar-refractivity contribution in [3.8, 4) is 0 Å². The number of rotatable bonds is 3. The van der Waals surface area contributed by atoms with Gasteiger partial charge >= 0.3 is 0 Å². The monoisotopic (exact) mass is 374 g/mol. The highest BCUT2D eigenvalue weighted by Gasteiger charge is 2.38. The summed E-state index contributed by atoms with van der Waals surface area (Å²) < 4.78 is 13.2. The van der Waals surface area contributed by atoms with Crippen molar-refractivity contribution in [3.05, 3.63) is 35.6 Å². The quantitative estimate of drug-likeness (QED) is 0.841. The Labute approximate surface area is 159 Å². The lowest BCUT2D eigenvalue weighted by atomic mass is 9.91. The summed E-state index contributed by atoms with van der Waals surface area (Å²) in [6.45, 7) is 3.59. The SMILES string of the molecule is O=C(C1CCN(C(=O)C2CNNC2c2ccc(F)cc2)CC1)N1CCCC1. The van der Waals surface area contributed by atoms with Crippen molar-refractivity contribution in [1.29, 1.82) is 0 Å². The molecule has 0 spiro atoms. The maximum atomic E-state index is 13.2. The third kappa shape index (κ3) is 3.84. The van der Waals surface area contributed by atoms with E-state index in [1.54, 1.807) is 12.1 Å². The number of hydrazine groups is 1. The largest absolute Gasteiger partial charge is 0.342 e. The summed E-state index contributed by atoms with van der Waals surface area (Å²) in [6.07, 6.45) is 3.71. The van der Waals surface area contributed by atoms with Crippen LogP contribution in [-0.4, -0.2) is 54.3 Å². The Kier molecular flexibility index (Phi) is 5.41. The molecule has 27 heavy (non-hydrogen) atoms. The summed E-state index contributed by atoms with van der Waals surface area (Å²) in [5.41, 5.74) is 7.12. The minimum absolute atomic E-state index is 0.0554. The van der Waals surface area contributed by atoms with E-state index >= 15 is 0 Å². The van der Waals surface area contributed by atoms with Gasteiger partial charge in [-0.15, -0.1) is 0 Å². The van der Waals surface area contributed by atoms with Crippen LogP contribution in [0.5, 0.6) is 0 Å². The highest BCUT2D eigenvalue weighted by atomic mass is 19.1. The van der Waals surface area contributed by atoms with Gasteiger partial charge in [0, 0.05) is 38.6 Å². The summed E-state index contributed by atoms with van der Waals surface area (Å²) in [6, 6.07) is 6.13. The van der Waals surface area contributed by atoms with E-state index in [9.17, 15) is 14.0 Å². The summed E-state index contributed by atoms with van der Waals surface area (Å²) in [5.74, 6) is -0.0691. The Morgan fingerprint density at radius 1 is 0.926 bits per heavy atom. The van der Waals surface area contributed by atoms with Gasteiger partial charge in [-0.1, -0.05) is 12.1 Å². The van der Waals surface area contributed by atoms with Gasteiger partial charge in [0.25, 0.3) is 0 Å². The molecule has 2 unspecified atom stereocenters. The molecule has 4 rings (SSSR count). The number of hydrogen-bond donors (Lipinski definition) is 2. The van der Waals surface area contributed by atoms with E-state index in [-0.39, 0.29) is 35.5 Å². The number of amides is 2. The Morgan fingerprint density at radius 2 is 1.56 bits per heavy atom. The number of likely N-dealkylation sites (tertiary alicyclic amines) is 2. The Bertz CT molecular complexity index is 682. The molecule has 3 fully saturated rings. The van der Waals surface area contributed by atoms with E-state index < -0.39 is 0 Å². The average Bonchev–Trinajstić information content (AvgIpc) is 3.40. The molecule has 3 aliphatic heterocycles. The van der Waals surface area contributed by atoms with Crippen molar-refractivity contribution in [2.45, 2.75) is 31.7 Å². The fourth-order valence-electron chi connectivity index (χ4n) is 4.49. The molecule has 0 bridgehead atoms. The van der Waals surface area contributed by atoms with Gasteiger partial charge in [-0.3, -0.25) is 15.0 Å². The molecule has 146 valence electrons. The smallest absolute Gasteiger partial charge is 0.229 e.